The van der Waals surface area contributed by atoms with Crippen LogP contribution in [0.4, 0.5) is 0 Å². The molecular weight excluding hydrogens is 200 g/mol. The predicted octanol–water partition coefficient (Wildman–Crippen LogP) is 2.83. The van der Waals surface area contributed by atoms with E-state index in [9.17, 15) is 0 Å². The largest absolute Gasteiger partial charge is 0.396 e. The highest BCUT2D eigenvalue weighted by Gasteiger charge is 1.84. The minimum atomic E-state index is 0.283. The highest BCUT2D eigenvalue weighted by molar-refractivity contribution is 5.19. The van der Waals surface area contributed by atoms with E-state index in [1.807, 2.05) is 0 Å². The van der Waals surface area contributed by atoms with Gasteiger partial charge in [0.15, 0.2) is 0 Å². The van der Waals surface area contributed by atoms with E-state index in [0.29, 0.717) is 0 Å². The van der Waals surface area contributed by atoms with Gasteiger partial charge in [-0.3, -0.25) is 0 Å². The van der Waals surface area contributed by atoms with Crippen molar-refractivity contribution in [2.45, 2.75) is 39.5 Å². The van der Waals surface area contributed by atoms with Crippen LogP contribution in [0.25, 0.3) is 0 Å². The number of aryl methyl sites for hydroxylation is 2. The third kappa shape index (κ3) is 9.69. The molecule has 0 saturated heterocycles. The molecule has 0 saturated carbocycles. The number of aliphatic hydroxyl groups is 2. The normalized spacial score (nSPS) is 9.50. The average Bonchev–Trinajstić information content (AvgIpc) is 2.30. The molecule has 0 aliphatic rings. The van der Waals surface area contributed by atoms with E-state index < -0.39 is 0 Å². The lowest BCUT2D eigenvalue weighted by Crippen LogP contribution is -1.85. The Morgan fingerprint density at radius 1 is 0.688 bits per heavy atom. The van der Waals surface area contributed by atoms with Gasteiger partial charge >= 0.3 is 0 Å². The van der Waals surface area contributed by atoms with Gasteiger partial charge in [-0.05, 0) is 26.7 Å². The van der Waals surface area contributed by atoms with Crippen LogP contribution in [-0.4, -0.2) is 23.4 Å². The summed E-state index contributed by atoms with van der Waals surface area (Å²) in [5, 5.41) is 16.6. The maximum absolute atomic E-state index is 8.30. The van der Waals surface area contributed by atoms with E-state index in [2.05, 4.69) is 38.1 Å². The van der Waals surface area contributed by atoms with E-state index in [1.54, 1.807) is 0 Å². The van der Waals surface area contributed by atoms with Gasteiger partial charge in [-0.1, -0.05) is 48.2 Å². The van der Waals surface area contributed by atoms with E-state index in [4.69, 9.17) is 10.2 Å². The van der Waals surface area contributed by atoms with Gasteiger partial charge in [0, 0.05) is 13.2 Å². The quantitative estimate of drug-likeness (QED) is 0.755. The summed E-state index contributed by atoms with van der Waals surface area (Å²) < 4.78 is 0. The fourth-order valence-electron chi connectivity index (χ4n) is 1.21. The SMILES string of the molecule is Cc1ccc(C)cc1.OCCCCCCO. The Morgan fingerprint density at radius 2 is 1.00 bits per heavy atom. The van der Waals surface area contributed by atoms with Crippen molar-refractivity contribution >= 4 is 0 Å². The van der Waals surface area contributed by atoms with Gasteiger partial charge in [-0.2, -0.15) is 0 Å². The fourth-order valence-corrected chi connectivity index (χ4v) is 1.21. The lowest BCUT2D eigenvalue weighted by atomic mass is 10.2. The Labute approximate surface area is 98.9 Å². The summed E-state index contributed by atoms with van der Waals surface area (Å²) in [6.07, 6.45) is 3.83. The van der Waals surface area contributed by atoms with Crippen LogP contribution in [0.1, 0.15) is 36.8 Å². The van der Waals surface area contributed by atoms with Crippen molar-refractivity contribution in [2.24, 2.45) is 0 Å². The number of benzene rings is 1. The van der Waals surface area contributed by atoms with Gasteiger partial charge in [-0.15, -0.1) is 0 Å². The van der Waals surface area contributed by atoms with Crippen molar-refractivity contribution in [2.75, 3.05) is 13.2 Å². The zero-order valence-electron chi connectivity index (χ0n) is 10.4. The summed E-state index contributed by atoms with van der Waals surface area (Å²) in [5.41, 5.74) is 2.66. The third-order valence-corrected chi connectivity index (χ3v) is 2.28. The predicted molar refractivity (Wildman–Crippen MR) is 68.6 cm³/mol. The van der Waals surface area contributed by atoms with Crippen LogP contribution < -0.4 is 0 Å². The number of hydrogen-bond acceptors (Lipinski definition) is 2. The molecule has 0 heterocycles. The average molecular weight is 224 g/mol. The summed E-state index contributed by atoms with van der Waals surface area (Å²) in [5.74, 6) is 0. The molecule has 2 N–H and O–H groups in total. The Morgan fingerprint density at radius 3 is 1.25 bits per heavy atom. The minimum absolute atomic E-state index is 0.283. The molecule has 16 heavy (non-hydrogen) atoms. The second-order valence-electron chi connectivity index (χ2n) is 4.02. The van der Waals surface area contributed by atoms with Crippen molar-refractivity contribution in [3.63, 3.8) is 0 Å². The number of aliphatic hydroxyl groups excluding tert-OH is 2. The first kappa shape index (κ1) is 15.1. The zero-order valence-corrected chi connectivity index (χ0v) is 10.4. The zero-order chi connectivity index (χ0) is 12.2. The molecule has 1 aromatic rings. The van der Waals surface area contributed by atoms with Crippen molar-refractivity contribution < 1.29 is 10.2 Å². The Balaban J connectivity index is 0.000000281. The van der Waals surface area contributed by atoms with Gasteiger partial charge in [0.05, 0.1) is 0 Å². The number of hydrogen-bond donors (Lipinski definition) is 2. The summed E-state index contributed by atoms with van der Waals surface area (Å²) >= 11 is 0. The lowest BCUT2D eigenvalue weighted by Gasteiger charge is -1.93. The molecule has 0 amide bonds. The van der Waals surface area contributed by atoms with Crippen LogP contribution in [0, 0.1) is 13.8 Å². The van der Waals surface area contributed by atoms with Crippen LogP contribution in [0.15, 0.2) is 24.3 Å². The van der Waals surface area contributed by atoms with Crippen molar-refractivity contribution in [1.29, 1.82) is 0 Å². The highest BCUT2D eigenvalue weighted by atomic mass is 16.3. The lowest BCUT2D eigenvalue weighted by molar-refractivity contribution is 0.265. The molecule has 0 spiro atoms. The van der Waals surface area contributed by atoms with Gasteiger partial charge in [0.2, 0.25) is 0 Å². The molecule has 0 aromatic heterocycles. The number of unbranched alkanes of at least 4 members (excludes halogenated alkanes) is 3. The summed E-state index contributed by atoms with van der Waals surface area (Å²) in [6, 6.07) is 8.48. The molecule has 0 unspecified atom stereocenters. The second kappa shape index (κ2) is 10.7. The maximum atomic E-state index is 8.30. The van der Waals surface area contributed by atoms with Gasteiger partial charge in [0.1, 0.15) is 0 Å². The monoisotopic (exact) mass is 224 g/mol. The molecule has 2 nitrogen and oxygen atoms in total. The molecule has 92 valence electrons. The van der Waals surface area contributed by atoms with Crippen LogP contribution in [0.5, 0.6) is 0 Å². The summed E-state index contributed by atoms with van der Waals surface area (Å²) in [4.78, 5) is 0. The Bertz CT molecular complexity index is 214. The number of rotatable bonds is 5. The van der Waals surface area contributed by atoms with Crippen LogP contribution >= 0.6 is 0 Å². The molecule has 0 bridgehead atoms. The molecule has 0 radical (unpaired) electrons. The minimum Gasteiger partial charge on any atom is -0.396 e. The third-order valence-electron chi connectivity index (χ3n) is 2.28. The maximum Gasteiger partial charge on any atom is 0.0431 e. The van der Waals surface area contributed by atoms with Gasteiger partial charge in [0.25, 0.3) is 0 Å². The molecule has 0 atom stereocenters. The van der Waals surface area contributed by atoms with Crippen molar-refractivity contribution in [3.8, 4) is 0 Å². The molecule has 0 aliphatic heterocycles. The highest BCUT2D eigenvalue weighted by Crippen LogP contribution is 1.99. The van der Waals surface area contributed by atoms with Crippen LogP contribution in [-0.2, 0) is 0 Å². The first-order valence-electron chi connectivity index (χ1n) is 5.95. The molecule has 1 rings (SSSR count). The molecule has 2 heteroatoms. The van der Waals surface area contributed by atoms with E-state index >= 15 is 0 Å². The van der Waals surface area contributed by atoms with Crippen molar-refractivity contribution in [3.05, 3.63) is 35.4 Å². The molecule has 1 aromatic carbocycles. The summed E-state index contributed by atoms with van der Waals surface area (Å²) in [7, 11) is 0. The summed E-state index contributed by atoms with van der Waals surface area (Å²) in [6.45, 7) is 4.76. The first-order valence-corrected chi connectivity index (χ1v) is 5.95. The smallest absolute Gasteiger partial charge is 0.0431 e. The molecule has 0 fully saturated rings. The van der Waals surface area contributed by atoms with Gasteiger partial charge in [-0.25, -0.2) is 0 Å². The van der Waals surface area contributed by atoms with Crippen molar-refractivity contribution in [1.82, 2.24) is 0 Å². The second-order valence-corrected chi connectivity index (χ2v) is 4.02. The van der Waals surface area contributed by atoms with E-state index in [0.717, 1.165) is 25.7 Å². The Kier molecular flexibility index (Phi) is 10.1. The Hall–Kier alpha value is -0.860. The topological polar surface area (TPSA) is 40.5 Å². The van der Waals surface area contributed by atoms with Gasteiger partial charge < -0.3 is 10.2 Å². The van der Waals surface area contributed by atoms with E-state index in [-0.39, 0.29) is 13.2 Å². The van der Waals surface area contributed by atoms with E-state index in [1.165, 1.54) is 11.1 Å². The molecular formula is C14H24O2. The fraction of sp³-hybridized carbons (Fsp3) is 0.571. The molecule has 0 aliphatic carbocycles. The standard InChI is InChI=1S/C8H10.C6H14O2/c1-7-3-5-8(2)6-4-7;7-5-3-1-2-4-6-8/h3-6H,1-2H3;7-8H,1-6H2. The van der Waals surface area contributed by atoms with Crippen LogP contribution in [0.2, 0.25) is 0 Å². The van der Waals surface area contributed by atoms with Crippen LogP contribution in [0.3, 0.4) is 0 Å². The first-order chi connectivity index (χ1) is 7.70.